The van der Waals surface area contributed by atoms with Crippen LogP contribution in [-0.4, -0.2) is 28.2 Å². The van der Waals surface area contributed by atoms with E-state index in [9.17, 15) is 19.5 Å². The molecule has 0 aromatic heterocycles. The highest BCUT2D eigenvalue weighted by Crippen LogP contribution is 2.36. The van der Waals surface area contributed by atoms with Gasteiger partial charge in [-0.25, -0.2) is 24.3 Å². The fourth-order valence-corrected chi connectivity index (χ4v) is 8.11. The van der Waals surface area contributed by atoms with Gasteiger partial charge in [-0.2, -0.15) is 0 Å². The number of benzene rings is 8. The molecule has 1 amide bonds. The van der Waals surface area contributed by atoms with Gasteiger partial charge in [-0.15, -0.1) is 0 Å². The zero-order valence-corrected chi connectivity index (χ0v) is 41.8. The summed E-state index contributed by atoms with van der Waals surface area (Å²) in [5, 5.41) is 21.8. The minimum absolute atomic E-state index is 0.0110. The Bertz CT molecular complexity index is 3240. The molecule has 0 aliphatic rings. The standard InChI is InChI=1S/C61H56N2O12/c1-40-31-52(26-29-56(40)62-58(64)55-33-44(15-28-54(55)59(65)66)37-73-72-36-43-13-9-6-10-14-43)74-50-22-18-48(19-23-50)61(3,4)49-20-24-51(25-21-49)75-53-27-30-57(41(2)32-53)63-70-38-47-34-45(16-17-46(47)39-71-68)60(67)69-35-42-11-7-5-8-12-42/h5-34,63,68H,35-39H2,1-4H3,(H,62,64)(H,65,66). The first-order valence-corrected chi connectivity index (χ1v) is 24.0. The molecule has 0 aliphatic heterocycles. The fourth-order valence-electron chi connectivity index (χ4n) is 8.11. The van der Waals surface area contributed by atoms with Gasteiger partial charge in [0.1, 0.15) is 56.0 Å². The van der Waals surface area contributed by atoms with Crippen molar-refractivity contribution in [2.24, 2.45) is 0 Å². The summed E-state index contributed by atoms with van der Waals surface area (Å²) in [5.41, 5.74) is 11.4. The van der Waals surface area contributed by atoms with Crippen molar-refractivity contribution in [1.29, 1.82) is 0 Å². The Balaban J connectivity index is 0.822. The summed E-state index contributed by atoms with van der Waals surface area (Å²) < 4.78 is 18.0. The number of aryl methyl sites for hydroxylation is 2. The van der Waals surface area contributed by atoms with Crippen LogP contribution < -0.4 is 20.3 Å². The number of hydrogen-bond donors (Lipinski definition) is 4. The molecule has 0 saturated heterocycles. The maximum absolute atomic E-state index is 13.5. The maximum atomic E-state index is 13.5. The number of hydrogen-bond acceptors (Lipinski definition) is 12. The van der Waals surface area contributed by atoms with Crippen LogP contribution in [-0.2, 0) is 62.7 Å². The van der Waals surface area contributed by atoms with Crippen molar-refractivity contribution in [3.63, 3.8) is 0 Å². The first-order valence-electron chi connectivity index (χ1n) is 24.0. The second-order valence-corrected chi connectivity index (χ2v) is 18.2. The van der Waals surface area contributed by atoms with E-state index >= 15 is 0 Å². The highest BCUT2D eigenvalue weighted by atomic mass is 17.2. The summed E-state index contributed by atoms with van der Waals surface area (Å²) in [7, 11) is 0. The van der Waals surface area contributed by atoms with Gasteiger partial charge >= 0.3 is 11.9 Å². The molecule has 0 bridgehead atoms. The SMILES string of the molecule is Cc1cc(Oc2ccc(C(C)(C)c3ccc(Oc4ccc(NC(=O)c5cc(COOCc6ccccc6)ccc5C(=O)O)c(C)c4)cc3)cc2)ccc1NOCc1cc(C(=O)OCc2ccccc2)ccc1COO. The Kier molecular flexibility index (Phi) is 17.5. The molecule has 0 radical (unpaired) electrons. The predicted octanol–water partition coefficient (Wildman–Crippen LogP) is 13.7. The van der Waals surface area contributed by atoms with Gasteiger partial charge in [0.15, 0.2) is 0 Å². The second kappa shape index (κ2) is 24.9. The van der Waals surface area contributed by atoms with Crippen LogP contribution in [0.25, 0.3) is 0 Å². The molecule has 0 fully saturated rings. The number of ether oxygens (including phenoxy) is 3. The van der Waals surface area contributed by atoms with E-state index in [0.29, 0.717) is 56.5 Å². The fraction of sp³-hybridized carbons (Fsp3) is 0.164. The monoisotopic (exact) mass is 1010 g/mol. The number of carboxylic acids is 1. The molecule has 0 unspecified atom stereocenters. The van der Waals surface area contributed by atoms with Crippen LogP contribution in [0.1, 0.15) is 95.0 Å². The van der Waals surface area contributed by atoms with Crippen molar-refractivity contribution >= 4 is 29.2 Å². The number of esters is 1. The van der Waals surface area contributed by atoms with Crippen molar-refractivity contribution in [2.75, 3.05) is 10.8 Å². The normalized spacial score (nSPS) is 11.2. The lowest BCUT2D eigenvalue weighted by Crippen LogP contribution is -2.18. The first kappa shape index (κ1) is 52.7. The topological polar surface area (TPSA) is 180 Å². The van der Waals surface area contributed by atoms with Gasteiger partial charge < -0.3 is 24.6 Å². The number of aromatic carboxylic acids is 1. The minimum Gasteiger partial charge on any atom is -0.478 e. The van der Waals surface area contributed by atoms with Crippen molar-refractivity contribution in [3.8, 4) is 23.0 Å². The molecule has 8 aromatic rings. The zero-order chi connectivity index (χ0) is 52.7. The third-order valence-corrected chi connectivity index (χ3v) is 12.5. The van der Waals surface area contributed by atoms with Crippen LogP contribution in [0.4, 0.5) is 11.4 Å². The molecule has 14 heteroatoms. The summed E-state index contributed by atoms with van der Waals surface area (Å²) in [6.07, 6.45) is 0. The average molecular weight is 1010 g/mol. The largest absolute Gasteiger partial charge is 0.478 e. The van der Waals surface area contributed by atoms with Gasteiger partial charge in [0.05, 0.1) is 22.4 Å². The second-order valence-electron chi connectivity index (χ2n) is 18.2. The van der Waals surface area contributed by atoms with Gasteiger partial charge in [0.2, 0.25) is 0 Å². The maximum Gasteiger partial charge on any atom is 0.338 e. The van der Waals surface area contributed by atoms with E-state index in [-0.39, 0.29) is 49.6 Å². The Morgan fingerprint density at radius 2 is 1.05 bits per heavy atom. The van der Waals surface area contributed by atoms with Gasteiger partial charge in [0.25, 0.3) is 5.91 Å². The molecular formula is C61H56N2O12. The minimum atomic E-state index is -1.23. The van der Waals surface area contributed by atoms with Crippen LogP contribution in [0.5, 0.6) is 23.0 Å². The molecule has 75 heavy (non-hydrogen) atoms. The van der Waals surface area contributed by atoms with E-state index in [1.165, 1.54) is 12.1 Å². The van der Waals surface area contributed by atoms with E-state index in [1.54, 1.807) is 42.5 Å². The molecule has 0 aliphatic carbocycles. The van der Waals surface area contributed by atoms with Crippen molar-refractivity contribution in [3.05, 3.63) is 249 Å². The number of nitrogens with one attached hydrogen (secondary N) is 2. The Hall–Kier alpha value is -8.63. The van der Waals surface area contributed by atoms with Crippen LogP contribution in [0.3, 0.4) is 0 Å². The summed E-state index contributed by atoms with van der Waals surface area (Å²) >= 11 is 0. The van der Waals surface area contributed by atoms with Crippen molar-refractivity contribution in [1.82, 2.24) is 0 Å². The smallest absolute Gasteiger partial charge is 0.338 e. The molecule has 0 spiro atoms. The van der Waals surface area contributed by atoms with Gasteiger partial charge in [-0.05, 0) is 149 Å². The number of rotatable bonds is 23. The summed E-state index contributed by atoms with van der Waals surface area (Å²) in [5.74, 6) is 0.209. The third kappa shape index (κ3) is 14.1. The number of carbonyl (C=O) groups is 3. The van der Waals surface area contributed by atoms with Crippen LogP contribution in [0.15, 0.2) is 182 Å². The Morgan fingerprint density at radius 3 is 1.61 bits per heavy atom. The third-order valence-electron chi connectivity index (χ3n) is 12.5. The van der Waals surface area contributed by atoms with E-state index in [2.05, 4.69) is 29.5 Å². The van der Waals surface area contributed by atoms with Gasteiger partial charge in [-0.3, -0.25) is 20.4 Å². The van der Waals surface area contributed by atoms with E-state index < -0.39 is 17.8 Å². The van der Waals surface area contributed by atoms with Crippen LogP contribution in [0.2, 0.25) is 0 Å². The van der Waals surface area contributed by atoms with Gasteiger partial charge in [0, 0.05) is 11.1 Å². The zero-order valence-electron chi connectivity index (χ0n) is 41.8. The van der Waals surface area contributed by atoms with E-state index in [1.807, 2.05) is 141 Å². The lowest BCUT2D eigenvalue weighted by molar-refractivity contribution is -0.313. The molecule has 8 rings (SSSR count). The predicted molar refractivity (Wildman–Crippen MR) is 283 cm³/mol. The molecule has 382 valence electrons. The average Bonchev–Trinajstić information content (AvgIpc) is 3.42. The molecular weight excluding hydrogens is 953 g/mol. The molecule has 4 N–H and O–H groups in total. The first-order chi connectivity index (χ1) is 36.3. The Morgan fingerprint density at radius 1 is 0.507 bits per heavy atom. The Labute approximate surface area is 434 Å². The lowest BCUT2D eigenvalue weighted by atomic mass is 9.78. The number of carboxylic acid groups (broad SMARTS) is 1. The van der Waals surface area contributed by atoms with Gasteiger partial charge in [-0.1, -0.05) is 111 Å². The molecule has 0 saturated carbocycles. The summed E-state index contributed by atoms with van der Waals surface area (Å²) in [6.45, 7) is 8.44. The summed E-state index contributed by atoms with van der Waals surface area (Å²) in [4.78, 5) is 59.3. The number of amides is 1. The molecule has 8 aromatic carbocycles. The number of carbonyl (C=O) groups excluding carboxylic acids is 2. The molecule has 14 nitrogen and oxygen atoms in total. The number of anilines is 2. The van der Waals surface area contributed by atoms with Crippen LogP contribution >= 0.6 is 0 Å². The molecule has 0 atom stereocenters. The van der Waals surface area contributed by atoms with Crippen LogP contribution in [0, 0.1) is 13.8 Å². The highest BCUT2D eigenvalue weighted by molar-refractivity contribution is 6.11. The van der Waals surface area contributed by atoms with E-state index in [0.717, 1.165) is 33.5 Å². The van der Waals surface area contributed by atoms with Crippen molar-refractivity contribution < 1.29 is 58.5 Å². The van der Waals surface area contributed by atoms with Crippen molar-refractivity contribution in [2.45, 2.75) is 66.1 Å². The molecule has 0 heterocycles. The van der Waals surface area contributed by atoms with E-state index in [4.69, 9.17) is 34.1 Å². The lowest BCUT2D eigenvalue weighted by Gasteiger charge is -2.26. The highest BCUT2D eigenvalue weighted by Gasteiger charge is 2.24. The quantitative estimate of drug-likeness (QED) is 0.0206. The summed E-state index contributed by atoms with van der Waals surface area (Å²) in [6, 6.07) is 55.1.